The molecular formula is C17H24N2O2. The number of amides is 1. The van der Waals surface area contributed by atoms with Crippen LogP contribution in [0, 0.1) is 0 Å². The van der Waals surface area contributed by atoms with Gasteiger partial charge >= 0.3 is 0 Å². The summed E-state index contributed by atoms with van der Waals surface area (Å²) in [5.74, 6) is 1.19. The molecule has 2 saturated heterocycles. The number of hydrogen-bond acceptors (Lipinski definition) is 3. The molecule has 1 aromatic rings. The van der Waals surface area contributed by atoms with Crippen molar-refractivity contribution in [3.8, 4) is 5.75 Å². The van der Waals surface area contributed by atoms with E-state index in [1.54, 1.807) is 0 Å². The van der Waals surface area contributed by atoms with Crippen LogP contribution < -0.4 is 10.1 Å². The molecule has 0 aliphatic carbocycles. The van der Waals surface area contributed by atoms with Gasteiger partial charge in [-0.2, -0.15) is 0 Å². The van der Waals surface area contributed by atoms with E-state index >= 15 is 0 Å². The number of ether oxygens (including phenoxy) is 1. The molecule has 1 aromatic carbocycles. The van der Waals surface area contributed by atoms with Crippen molar-refractivity contribution in [2.45, 2.75) is 44.2 Å². The first-order valence-electron chi connectivity index (χ1n) is 7.93. The van der Waals surface area contributed by atoms with Gasteiger partial charge < -0.3 is 15.0 Å². The van der Waals surface area contributed by atoms with Crippen LogP contribution in [0.15, 0.2) is 30.3 Å². The number of para-hydroxylation sites is 1. The first-order chi connectivity index (χ1) is 10.2. The summed E-state index contributed by atoms with van der Waals surface area (Å²) in [7, 11) is 0. The molecule has 1 unspecified atom stereocenters. The van der Waals surface area contributed by atoms with E-state index < -0.39 is 0 Å². The van der Waals surface area contributed by atoms with Gasteiger partial charge in [-0.1, -0.05) is 18.2 Å². The monoisotopic (exact) mass is 288 g/mol. The Hall–Kier alpha value is -1.55. The van der Waals surface area contributed by atoms with Gasteiger partial charge in [-0.05, 0) is 38.4 Å². The van der Waals surface area contributed by atoms with Gasteiger partial charge in [0.25, 0.3) is 0 Å². The molecule has 0 radical (unpaired) electrons. The average molecular weight is 288 g/mol. The SMILES string of the molecule is CC1(C(=O)N2CCC(Oc3ccccc3)CC2)CCCN1. The van der Waals surface area contributed by atoms with E-state index in [0.717, 1.165) is 51.1 Å². The zero-order valence-corrected chi connectivity index (χ0v) is 12.7. The zero-order valence-electron chi connectivity index (χ0n) is 12.7. The van der Waals surface area contributed by atoms with Gasteiger partial charge in [0.05, 0.1) is 5.54 Å². The van der Waals surface area contributed by atoms with Crippen LogP contribution in [-0.4, -0.2) is 42.1 Å². The molecule has 3 rings (SSSR count). The molecular weight excluding hydrogens is 264 g/mol. The maximum absolute atomic E-state index is 12.6. The third-order valence-corrected chi connectivity index (χ3v) is 4.62. The van der Waals surface area contributed by atoms with Gasteiger partial charge in [0.2, 0.25) is 5.91 Å². The molecule has 4 nitrogen and oxygen atoms in total. The number of nitrogens with one attached hydrogen (secondary N) is 1. The van der Waals surface area contributed by atoms with E-state index in [9.17, 15) is 4.79 Å². The number of nitrogens with zero attached hydrogens (tertiary/aromatic N) is 1. The summed E-state index contributed by atoms with van der Waals surface area (Å²) in [4.78, 5) is 14.6. The fourth-order valence-corrected chi connectivity index (χ4v) is 3.29. The second-order valence-corrected chi connectivity index (χ2v) is 6.28. The van der Waals surface area contributed by atoms with Crippen molar-refractivity contribution < 1.29 is 9.53 Å². The minimum Gasteiger partial charge on any atom is -0.490 e. The van der Waals surface area contributed by atoms with Crippen LogP contribution in [0.3, 0.4) is 0 Å². The number of hydrogen-bond donors (Lipinski definition) is 1. The lowest BCUT2D eigenvalue weighted by molar-refractivity contribution is -0.139. The Morgan fingerprint density at radius 1 is 1.29 bits per heavy atom. The molecule has 2 fully saturated rings. The maximum atomic E-state index is 12.6. The van der Waals surface area contributed by atoms with E-state index in [4.69, 9.17) is 4.74 Å². The largest absolute Gasteiger partial charge is 0.490 e. The minimum absolute atomic E-state index is 0.223. The van der Waals surface area contributed by atoms with Crippen LogP contribution in [-0.2, 0) is 4.79 Å². The number of carbonyl (C=O) groups excluding carboxylic acids is 1. The van der Waals surface area contributed by atoms with Crippen LogP contribution in [0.2, 0.25) is 0 Å². The Bertz CT molecular complexity index is 475. The molecule has 0 spiro atoms. The lowest BCUT2D eigenvalue weighted by atomic mass is 9.96. The predicted molar refractivity (Wildman–Crippen MR) is 82.3 cm³/mol. The van der Waals surface area contributed by atoms with Crippen molar-refractivity contribution in [2.75, 3.05) is 19.6 Å². The van der Waals surface area contributed by atoms with Crippen molar-refractivity contribution in [3.05, 3.63) is 30.3 Å². The van der Waals surface area contributed by atoms with Crippen LogP contribution in [0.4, 0.5) is 0 Å². The Kier molecular flexibility index (Phi) is 4.15. The Labute approximate surface area is 126 Å². The molecule has 4 heteroatoms. The summed E-state index contributed by atoms with van der Waals surface area (Å²) in [6, 6.07) is 9.94. The Morgan fingerprint density at radius 2 is 2.00 bits per heavy atom. The molecule has 114 valence electrons. The molecule has 0 saturated carbocycles. The topological polar surface area (TPSA) is 41.6 Å². The van der Waals surface area contributed by atoms with E-state index in [1.807, 2.05) is 42.2 Å². The van der Waals surface area contributed by atoms with Crippen LogP contribution in [0.5, 0.6) is 5.75 Å². The summed E-state index contributed by atoms with van der Waals surface area (Å²) in [5.41, 5.74) is -0.340. The van der Waals surface area contributed by atoms with Crippen molar-refractivity contribution in [2.24, 2.45) is 0 Å². The second-order valence-electron chi connectivity index (χ2n) is 6.28. The molecule has 1 atom stereocenters. The summed E-state index contributed by atoms with van der Waals surface area (Å²) < 4.78 is 5.98. The van der Waals surface area contributed by atoms with E-state index in [1.165, 1.54) is 0 Å². The molecule has 0 bridgehead atoms. The van der Waals surface area contributed by atoms with E-state index in [-0.39, 0.29) is 17.6 Å². The normalized spacial score (nSPS) is 26.8. The van der Waals surface area contributed by atoms with Crippen molar-refractivity contribution >= 4 is 5.91 Å². The highest BCUT2D eigenvalue weighted by Crippen LogP contribution is 2.24. The third kappa shape index (κ3) is 3.21. The maximum Gasteiger partial charge on any atom is 0.242 e. The van der Waals surface area contributed by atoms with Gasteiger partial charge in [0.1, 0.15) is 11.9 Å². The Balaban J connectivity index is 1.52. The molecule has 1 N–H and O–H groups in total. The lowest BCUT2D eigenvalue weighted by Crippen LogP contribution is -2.55. The van der Waals surface area contributed by atoms with Gasteiger partial charge in [-0.3, -0.25) is 4.79 Å². The van der Waals surface area contributed by atoms with Crippen molar-refractivity contribution in [1.29, 1.82) is 0 Å². The fraction of sp³-hybridized carbons (Fsp3) is 0.588. The van der Waals surface area contributed by atoms with Crippen LogP contribution >= 0.6 is 0 Å². The summed E-state index contributed by atoms with van der Waals surface area (Å²) >= 11 is 0. The summed E-state index contributed by atoms with van der Waals surface area (Å²) in [5, 5.41) is 3.36. The second kappa shape index (κ2) is 6.06. The van der Waals surface area contributed by atoms with Crippen molar-refractivity contribution in [1.82, 2.24) is 10.2 Å². The number of benzene rings is 1. The van der Waals surface area contributed by atoms with E-state index in [2.05, 4.69) is 5.32 Å². The third-order valence-electron chi connectivity index (χ3n) is 4.62. The van der Waals surface area contributed by atoms with Gasteiger partial charge in [0.15, 0.2) is 0 Å². The first-order valence-corrected chi connectivity index (χ1v) is 7.93. The molecule has 2 heterocycles. The molecule has 21 heavy (non-hydrogen) atoms. The van der Waals surface area contributed by atoms with Gasteiger partial charge in [0, 0.05) is 25.9 Å². The minimum atomic E-state index is -0.340. The van der Waals surface area contributed by atoms with Gasteiger partial charge in [-0.25, -0.2) is 0 Å². The van der Waals surface area contributed by atoms with E-state index in [0.29, 0.717) is 0 Å². The highest BCUT2D eigenvalue weighted by Gasteiger charge is 2.39. The van der Waals surface area contributed by atoms with Crippen LogP contribution in [0.1, 0.15) is 32.6 Å². The number of carbonyl (C=O) groups is 1. The number of likely N-dealkylation sites (tertiary alicyclic amines) is 1. The molecule has 0 aromatic heterocycles. The number of rotatable bonds is 3. The van der Waals surface area contributed by atoms with Crippen molar-refractivity contribution in [3.63, 3.8) is 0 Å². The fourth-order valence-electron chi connectivity index (χ4n) is 3.29. The molecule has 2 aliphatic heterocycles. The summed E-state index contributed by atoms with van der Waals surface area (Å²) in [6.07, 6.45) is 4.09. The average Bonchev–Trinajstić information content (AvgIpc) is 2.96. The van der Waals surface area contributed by atoms with Gasteiger partial charge in [-0.15, -0.1) is 0 Å². The lowest BCUT2D eigenvalue weighted by Gasteiger charge is -2.37. The molecule has 1 amide bonds. The first kappa shape index (κ1) is 14.4. The quantitative estimate of drug-likeness (QED) is 0.927. The highest BCUT2D eigenvalue weighted by atomic mass is 16.5. The smallest absolute Gasteiger partial charge is 0.242 e. The number of piperidine rings is 1. The van der Waals surface area contributed by atoms with Crippen LogP contribution in [0.25, 0.3) is 0 Å². The zero-order chi connectivity index (χ0) is 14.7. The molecule has 2 aliphatic rings. The highest BCUT2D eigenvalue weighted by molar-refractivity contribution is 5.86. The Morgan fingerprint density at radius 3 is 2.62 bits per heavy atom. The summed E-state index contributed by atoms with van der Waals surface area (Å²) in [6.45, 7) is 4.59. The predicted octanol–water partition coefficient (Wildman–Crippen LogP) is 2.20. The standard InChI is InChI=1S/C17H24N2O2/c1-17(10-5-11-18-17)16(20)19-12-8-15(9-13-19)21-14-6-3-2-4-7-14/h2-4,6-7,15,18H,5,8-13H2,1H3.